The summed E-state index contributed by atoms with van der Waals surface area (Å²) in [6.45, 7) is 1.45. The maximum atomic E-state index is 10.8. The van der Waals surface area contributed by atoms with Gasteiger partial charge in [0.2, 0.25) is 0 Å². The second-order valence-electron chi connectivity index (χ2n) is 2.57. The molecule has 2 N–H and O–H groups in total. The number of hydrogen-bond acceptors (Lipinski definition) is 5. The molecule has 0 spiro atoms. The molecular formula is C8H14O5. The molecular weight excluding hydrogens is 176 g/mol. The van der Waals surface area contributed by atoms with Gasteiger partial charge < -0.3 is 14.9 Å². The highest BCUT2D eigenvalue weighted by Gasteiger charge is 2.18. The Morgan fingerprint density at radius 3 is 2.54 bits per heavy atom. The first-order valence-corrected chi connectivity index (χ1v) is 4.15. The second-order valence-corrected chi connectivity index (χ2v) is 2.57. The zero-order valence-corrected chi connectivity index (χ0v) is 7.52. The molecule has 0 aromatic rings. The summed E-state index contributed by atoms with van der Waals surface area (Å²) in [7, 11) is 0. The predicted octanol–water partition coefficient (Wildman–Crippen LogP) is -0.400. The van der Waals surface area contributed by atoms with E-state index in [9.17, 15) is 9.59 Å². The van der Waals surface area contributed by atoms with Gasteiger partial charge in [-0.25, -0.2) is 4.79 Å². The van der Waals surface area contributed by atoms with Crippen LogP contribution in [0.1, 0.15) is 26.2 Å². The van der Waals surface area contributed by atoms with Gasteiger partial charge in [0.15, 0.2) is 6.10 Å². The van der Waals surface area contributed by atoms with Crippen molar-refractivity contribution >= 4 is 11.9 Å². The summed E-state index contributed by atoms with van der Waals surface area (Å²) in [4.78, 5) is 21.6. The van der Waals surface area contributed by atoms with Gasteiger partial charge in [-0.05, 0) is 6.42 Å². The molecule has 0 bridgehead atoms. The molecule has 76 valence electrons. The second kappa shape index (κ2) is 6.56. The summed E-state index contributed by atoms with van der Waals surface area (Å²) in [5, 5.41) is 17.3. The van der Waals surface area contributed by atoms with Crippen molar-refractivity contribution < 1.29 is 24.5 Å². The molecule has 0 radical (unpaired) electrons. The maximum Gasteiger partial charge on any atom is 0.342 e. The molecule has 0 rings (SSSR count). The molecule has 0 heterocycles. The highest BCUT2D eigenvalue weighted by atomic mass is 16.6. The van der Waals surface area contributed by atoms with E-state index < -0.39 is 18.0 Å². The summed E-state index contributed by atoms with van der Waals surface area (Å²) in [5.74, 6) is -1.64. The number of rotatable bonds is 5. The van der Waals surface area contributed by atoms with Crippen molar-refractivity contribution in [3.63, 3.8) is 0 Å². The SMILES string of the molecule is CCCC(=O)OC(=O)C(O)CCO. The van der Waals surface area contributed by atoms with Gasteiger partial charge in [0.05, 0.1) is 0 Å². The first-order chi connectivity index (χ1) is 6.11. The lowest BCUT2D eigenvalue weighted by molar-refractivity contribution is -0.166. The van der Waals surface area contributed by atoms with Gasteiger partial charge in [0.1, 0.15) is 0 Å². The summed E-state index contributed by atoms with van der Waals surface area (Å²) < 4.78 is 4.27. The van der Waals surface area contributed by atoms with Crippen molar-refractivity contribution in [2.45, 2.75) is 32.3 Å². The maximum absolute atomic E-state index is 10.8. The number of carbonyl (C=O) groups is 2. The number of carbonyl (C=O) groups excluding carboxylic acids is 2. The minimum absolute atomic E-state index is 0.113. The fourth-order valence-corrected chi connectivity index (χ4v) is 0.676. The van der Waals surface area contributed by atoms with E-state index in [1.54, 1.807) is 6.92 Å². The van der Waals surface area contributed by atoms with Gasteiger partial charge in [-0.15, -0.1) is 0 Å². The lowest BCUT2D eigenvalue weighted by atomic mass is 10.3. The molecule has 0 aliphatic heterocycles. The molecule has 0 saturated heterocycles. The number of aliphatic hydroxyl groups excluding tert-OH is 2. The quantitative estimate of drug-likeness (QED) is 0.455. The molecule has 13 heavy (non-hydrogen) atoms. The molecule has 0 aromatic carbocycles. The van der Waals surface area contributed by atoms with Crippen LogP contribution in [0.2, 0.25) is 0 Å². The van der Waals surface area contributed by atoms with Crippen molar-refractivity contribution in [2.75, 3.05) is 6.61 Å². The van der Waals surface area contributed by atoms with Crippen molar-refractivity contribution in [1.29, 1.82) is 0 Å². The molecule has 0 amide bonds. The summed E-state index contributed by atoms with van der Waals surface area (Å²) in [6, 6.07) is 0. The van der Waals surface area contributed by atoms with Crippen LogP contribution < -0.4 is 0 Å². The average Bonchev–Trinajstić information content (AvgIpc) is 2.05. The number of esters is 2. The summed E-state index contributed by atoms with van der Waals surface area (Å²) >= 11 is 0. The fourth-order valence-electron chi connectivity index (χ4n) is 0.676. The van der Waals surface area contributed by atoms with E-state index in [0.29, 0.717) is 6.42 Å². The van der Waals surface area contributed by atoms with E-state index in [1.807, 2.05) is 0 Å². The fraction of sp³-hybridized carbons (Fsp3) is 0.750. The molecule has 0 saturated carbocycles. The highest BCUT2D eigenvalue weighted by Crippen LogP contribution is 1.97. The monoisotopic (exact) mass is 190 g/mol. The zero-order chi connectivity index (χ0) is 10.3. The standard InChI is InChI=1S/C8H14O5/c1-2-3-7(11)13-8(12)6(10)4-5-9/h6,9-10H,2-5H2,1H3. The highest BCUT2D eigenvalue weighted by molar-refractivity contribution is 5.87. The zero-order valence-electron chi connectivity index (χ0n) is 7.52. The Morgan fingerprint density at radius 1 is 1.46 bits per heavy atom. The average molecular weight is 190 g/mol. The first-order valence-electron chi connectivity index (χ1n) is 4.15. The lowest BCUT2D eigenvalue weighted by Crippen LogP contribution is -2.26. The van der Waals surface area contributed by atoms with Crippen LogP contribution in [0.25, 0.3) is 0 Å². The van der Waals surface area contributed by atoms with Crippen LogP contribution in [0, 0.1) is 0 Å². The van der Waals surface area contributed by atoms with Crippen LogP contribution >= 0.6 is 0 Å². The largest absolute Gasteiger partial charge is 0.396 e. The molecule has 5 nitrogen and oxygen atoms in total. The Balaban J connectivity index is 3.78. The van der Waals surface area contributed by atoms with Crippen LogP contribution in [0.15, 0.2) is 0 Å². The first kappa shape index (κ1) is 12.1. The number of aliphatic hydroxyl groups is 2. The smallest absolute Gasteiger partial charge is 0.342 e. The van der Waals surface area contributed by atoms with Gasteiger partial charge in [0, 0.05) is 19.4 Å². The molecule has 0 aliphatic carbocycles. The van der Waals surface area contributed by atoms with Gasteiger partial charge in [-0.2, -0.15) is 0 Å². The molecule has 0 fully saturated rings. The Bertz CT molecular complexity index is 177. The summed E-state index contributed by atoms with van der Waals surface area (Å²) in [6.07, 6.45) is -0.788. The molecule has 1 unspecified atom stereocenters. The summed E-state index contributed by atoms with van der Waals surface area (Å²) in [5.41, 5.74) is 0. The van der Waals surface area contributed by atoms with Crippen molar-refractivity contribution in [1.82, 2.24) is 0 Å². The Hall–Kier alpha value is -0.940. The normalized spacial score (nSPS) is 12.2. The minimum atomic E-state index is -1.41. The van der Waals surface area contributed by atoms with E-state index in [2.05, 4.69) is 4.74 Å². The van der Waals surface area contributed by atoms with E-state index in [0.717, 1.165) is 0 Å². The van der Waals surface area contributed by atoms with Gasteiger partial charge >= 0.3 is 11.9 Å². The van der Waals surface area contributed by atoms with Crippen molar-refractivity contribution in [2.24, 2.45) is 0 Å². The Labute approximate surface area is 76.3 Å². The van der Waals surface area contributed by atoms with Gasteiger partial charge in [-0.3, -0.25) is 4.79 Å². The van der Waals surface area contributed by atoms with E-state index >= 15 is 0 Å². The van der Waals surface area contributed by atoms with Gasteiger partial charge in [0.25, 0.3) is 0 Å². The third-order valence-electron chi connectivity index (χ3n) is 1.34. The van der Waals surface area contributed by atoms with E-state index in [-0.39, 0.29) is 19.4 Å². The molecule has 1 atom stereocenters. The van der Waals surface area contributed by atoms with Crippen molar-refractivity contribution in [3.8, 4) is 0 Å². The topological polar surface area (TPSA) is 83.8 Å². The molecule has 0 aromatic heterocycles. The van der Waals surface area contributed by atoms with Crippen LogP contribution in [0.5, 0.6) is 0 Å². The van der Waals surface area contributed by atoms with Crippen molar-refractivity contribution in [3.05, 3.63) is 0 Å². The lowest BCUT2D eigenvalue weighted by Gasteiger charge is -2.06. The number of hydrogen-bond donors (Lipinski definition) is 2. The molecule has 5 heteroatoms. The van der Waals surface area contributed by atoms with E-state index in [4.69, 9.17) is 10.2 Å². The Kier molecular flexibility index (Phi) is 6.09. The van der Waals surface area contributed by atoms with Crippen LogP contribution in [-0.4, -0.2) is 34.9 Å². The van der Waals surface area contributed by atoms with Gasteiger partial charge in [-0.1, -0.05) is 6.92 Å². The molecule has 0 aliphatic rings. The van der Waals surface area contributed by atoms with Crippen LogP contribution in [0.4, 0.5) is 0 Å². The van der Waals surface area contributed by atoms with E-state index in [1.165, 1.54) is 0 Å². The number of ether oxygens (including phenoxy) is 1. The Morgan fingerprint density at radius 2 is 2.08 bits per heavy atom. The minimum Gasteiger partial charge on any atom is -0.396 e. The van der Waals surface area contributed by atoms with Crippen LogP contribution in [-0.2, 0) is 14.3 Å². The third kappa shape index (κ3) is 5.32. The third-order valence-corrected chi connectivity index (χ3v) is 1.34. The predicted molar refractivity (Wildman–Crippen MR) is 43.7 cm³/mol. The van der Waals surface area contributed by atoms with Crippen LogP contribution in [0.3, 0.4) is 0 Å².